The van der Waals surface area contributed by atoms with E-state index in [2.05, 4.69) is 330 Å². The fraction of sp³-hybridized carbons (Fsp3) is 0.125. The molecule has 14 aromatic heterocycles. The van der Waals surface area contributed by atoms with Gasteiger partial charge in [0.25, 0.3) is 0 Å². The third-order valence-electron chi connectivity index (χ3n) is 26.7. The van der Waals surface area contributed by atoms with Crippen LogP contribution in [0.5, 0.6) is 0 Å². The molecule has 0 saturated heterocycles. The summed E-state index contributed by atoms with van der Waals surface area (Å²) in [7, 11) is 0. The maximum absolute atomic E-state index is 13.5. The maximum Gasteiger partial charge on any atom is 0.136 e. The number of aliphatic imine (C=N–C) groups is 4. The van der Waals surface area contributed by atoms with Gasteiger partial charge in [0, 0.05) is 246 Å². The van der Waals surface area contributed by atoms with Gasteiger partial charge in [-0.3, -0.25) is 69.8 Å². The number of rotatable bonds is 15. The molecule has 18 heterocycles. The Balaban J connectivity index is 0.000000104. The molecule has 0 radical (unpaired) electrons. The molecule has 0 atom stereocenters. The molecule has 1 aliphatic carbocycles. The van der Waals surface area contributed by atoms with E-state index in [1.165, 1.54) is 64.3 Å². The molecule has 19 heteroatoms. The first-order valence-corrected chi connectivity index (χ1v) is 49.6. The Morgan fingerprint density at radius 1 is 0.293 bits per heavy atom. The highest BCUT2D eigenvalue weighted by molar-refractivity contribution is 5.94. The number of hydrogen-bond acceptors (Lipinski definition) is 16. The molecule has 147 heavy (non-hydrogen) atoms. The standard InChI is InChI=1S/C24H17N3.C23H19N3.C22H21N3.C21H19N3.C19H14FN3.C19H15N3/c1-2-6-17(7-3-1)18-8-4-9-19(12-18)24-22(10-5-11-26-24)20-13-21-14-25-16-23(21)27-15-20;1-2-6-16(5-1)17-7-3-8-18(11-17)23-21(9-4-10-25-23)19-12-20-13-24-15-22(20)26-14-19;1-22(2,3)18-7-4-6-15(11-18)21-19(8-5-9-24-21)16-10-17-12-23-14-20(17)25-13-16;1-14(2)15-5-3-6-16(9-15)21-19(7-4-8-23-21)17-10-18-11-22-13-20(18)24-12-17;1-13-11-14(4-6-17(13)20)19-16(3-2-8-22-19)15-5-7-18-21-9-10-23(18)12-15;1-14-4-2-5-15(12-14)19-17(6-3-9-21-19)16-7-8-18-20-10-11-22(18)13-16/h1-15H,16H2;3-5,7-14H,1-2,6,15H2;4-13H,14H2,1-3H3;3-12,14H,13H2,1-2H3;2-12H,1H3;2-13H,1H3. The number of halogens is 1. The second kappa shape index (κ2) is 43.3. The Morgan fingerprint density at radius 3 is 1.06 bits per heavy atom. The minimum atomic E-state index is -0.203. The zero-order chi connectivity index (χ0) is 100. The summed E-state index contributed by atoms with van der Waals surface area (Å²) in [5.41, 5.74) is 45.6. The molecular formula is C128H105FN18. The molecule has 0 spiro atoms. The molecule has 5 aliphatic rings. The number of imidazole rings is 2. The van der Waals surface area contributed by atoms with Crippen LogP contribution in [0.3, 0.4) is 0 Å². The zero-order valence-electron chi connectivity index (χ0n) is 82.8. The van der Waals surface area contributed by atoms with Gasteiger partial charge in [-0.15, -0.1) is 0 Å². The highest BCUT2D eigenvalue weighted by Gasteiger charge is 2.24. The largest absolute Gasteiger partial charge is 0.306 e. The van der Waals surface area contributed by atoms with Crippen LogP contribution >= 0.6 is 0 Å². The van der Waals surface area contributed by atoms with Crippen LogP contribution < -0.4 is 0 Å². The highest BCUT2D eigenvalue weighted by Crippen LogP contribution is 2.42. The number of nitrogens with zero attached hydrogens (tertiary/aromatic N) is 18. The molecule has 0 bridgehead atoms. The highest BCUT2D eigenvalue weighted by atomic mass is 19.1. The van der Waals surface area contributed by atoms with Crippen molar-refractivity contribution in [3.63, 3.8) is 0 Å². The number of hydrogen-bond donors (Lipinski definition) is 0. The molecule has 0 N–H and O–H groups in total. The van der Waals surface area contributed by atoms with Crippen molar-refractivity contribution >= 4 is 41.7 Å². The first-order chi connectivity index (χ1) is 72.0. The third-order valence-corrected chi connectivity index (χ3v) is 26.7. The SMILES string of the molecule is C1=NCc2ncc(-c3cccnc3-c3cccc(-c4ccccc4)c3)cc21.C1=NCc2ncc(-c3cccnc3-c3cccc(C4=CCCC4)c3)cc21.CC(C)(C)c1cccc(-c2ncccc2-c2cnc3c(c2)C=NC3)c1.CC(C)c1cccc(-c2ncccc2-c2cnc3c(c2)C=NC3)c1.Cc1cc(-c2ncccc2-c2ccc3nccn3c2)ccc1F.Cc1cccc(-c2ncccc2-c2ccc3nccn3c2)c1. The first-order valence-electron chi connectivity index (χ1n) is 49.6. The first kappa shape index (κ1) is 95.0. The van der Waals surface area contributed by atoms with Crippen LogP contribution in [-0.2, 0) is 31.6 Å². The third kappa shape index (κ3) is 21.6. The molecule has 26 rings (SSSR count). The van der Waals surface area contributed by atoms with Crippen molar-refractivity contribution < 1.29 is 4.39 Å². The smallest absolute Gasteiger partial charge is 0.136 e. The number of fused-ring (bicyclic) bond motifs is 6. The van der Waals surface area contributed by atoms with Gasteiger partial charge in [0.2, 0.25) is 0 Å². The summed E-state index contributed by atoms with van der Waals surface area (Å²) in [4.78, 5) is 71.9. The normalized spacial score (nSPS) is 12.6. The van der Waals surface area contributed by atoms with Crippen molar-refractivity contribution in [3.8, 4) is 145 Å². The van der Waals surface area contributed by atoms with Crippen LogP contribution in [-0.4, -0.2) is 93.5 Å². The van der Waals surface area contributed by atoms with Crippen LogP contribution in [0.15, 0.2) is 416 Å². The summed E-state index contributed by atoms with van der Waals surface area (Å²) in [6, 6.07) is 99.7. The van der Waals surface area contributed by atoms with Gasteiger partial charge < -0.3 is 8.80 Å². The van der Waals surface area contributed by atoms with E-state index in [1.807, 2.05) is 187 Å². The number of aryl methyl sites for hydroxylation is 2. The molecule has 0 amide bonds. The minimum Gasteiger partial charge on any atom is -0.306 e. The van der Waals surface area contributed by atoms with Crippen molar-refractivity contribution in [3.05, 3.63) is 475 Å². The monoisotopic (exact) mass is 1910 g/mol. The lowest BCUT2D eigenvalue weighted by molar-refractivity contribution is 0.590. The average molecular weight is 1910 g/mol. The van der Waals surface area contributed by atoms with Crippen molar-refractivity contribution in [1.82, 2.24) is 68.6 Å². The molecule has 0 saturated carbocycles. The number of benzene rings is 7. The van der Waals surface area contributed by atoms with E-state index in [1.54, 1.807) is 25.4 Å². The molecule has 21 aromatic rings. The summed E-state index contributed by atoms with van der Waals surface area (Å²) in [5.74, 6) is 0.293. The Bertz CT molecular complexity index is 8620. The Morgan fingerprint density at radius 2 is 0.653 bits per heavy atom. The van der Waals surface area contributed by atoms with Crippen LogP contribution in [0.1, 0.15) is 133 Å². The summed E-state index contributed by atoms with van der Waals surface area (Å²) in [5, 5.41) is 0. The maximum atomic E-state index is 13.5. The number of pyridine rings is 12. The predicted molar refractivity (Wildman–Crippen MR) is 594 cm³/mol. The number of aromatic nitrogens is 14. The fourth-order valence-electron chi connectivity index (χ4n) is 18.9. The quantitative estimate of drug-likeness (QED) is 0.0937. The van der Waals surface area contributed by atoms with Crippen LogP contribution in [0.4, 0.5) is 4.39 Å². The zero-order valence-corrected chi connectivity index (χ0v) is 82.8. The van der Waals surface area contributed by atoms with Gasteiger partial charge in [-0.25, -0.2) is 14.4 Å². The Labute approximate surface area is 854 Å². The van der Waals surface area contributed by atoms with E-state index in [0.29, 0.717) is 37.7 Å². The van der Waals surface area contributed by atoms with Gasteiger partial charge in [-0.1, -0.05) is 204 Å². The molecule has 18 nitrogen and oxygen atoms in total. The second-order valence-corrected chi connectivity index (χ2v) is 38.1. The van der Waals surface area contributed by atoms with Gasteiger partial charge >= 0.3 is 0 Å². The lowest BCUT2D eigenvalue weighted by Gasteiger charge is -2.20. The lowest BCUT2D eigenvalue weighted by atomic mass is 9.85. The molecule has 7 aromatic carbocycles. The van der Waals surface area contributed by atoms with Gasteiger partial charge in [0.15, 0.2) is 0 Å². The summed E-state index contributed by atoms with van der Waals surface area (Å²) in [6.07, 6.45) is 43.9. The predicted octanol–water partition coefficient (Wildman–Crippen LogP) is 29.5. The van der Waals surface area contributed by atoms with Crippen molar-refractivity contribution in [2.45, 2.75) is 105 Å². The lowest BCUT2D eigenvalue weighted by Crippen LogP contribution is -2.10. The van der Waals surface area contributed by atoms with Crippen molar-refractivity contribution in [2.24, 2.45) is 20.0 Å². The van der Waals surface area contributed by atoms with Gasteiger partial charge in [0.05, 0.1) is 83.1 Å². The summed E-state index contributed by atoms with van der Waals surface area (Å²) < 4.78 is 17.6. The minimum absolute atomic E-state index is 0.108. The van der Waals surface area contributed by atoms with Gasteiger partial charge in [-0.05, 0) is 217 Å². The Hall–Kier alpha value is -18.2. The van der Waals surface area contributed by atoms with Crippen LogP contribution in [0.25, 0.3) is 162 Å². The van der Waals surface area contributed by atoms with Crippen LogP contribution in [0.2, 0.25) is 0 Å². The van der Waals surface area contributed by atoms with E-state index in [4.69, 9.17) is 9.97 Å². The topological polar surface area (TPSA) is 213 Å². The summed E-state index contributed by atoms with van der Waals surface area (Å²) >= 11 is 0. The second-order valence-electron chi connectivity index (χ2n) is 38.1. The molecule has 0 unspecified atom stereocenters. The van der Waals surface area contributed by atoms with Crippen molar-refractivity contribution in [1.29, 1.82) is 0 Å². The Kier molecular flexibility index (Phi) is 28.0. The van der Waals surface area contributed by atoms with Crippen molar-refractivity contribution in [2.75, 3.05) is 0 Å². The summed E-state index contributed by atoms with van der Waals surface area (Å²) in [6.45, 7) is 17.7. The van der Waals surface area contributed by atoms with E-state index in [-0.39, 0.29) is 11.2 Å². The molecule has 0 fully saturated rings. The fourth-order valence-corrected chi connectivity index (χ4v) is 18.9. The van der Waals surface area contributed by atoms with E-state index >= 15 is 0 Å². The molecular weight excluding hydrogens is 1810 g/mol. The van der Waals surface area contributed by atoms with Crippen LogP contribution in [0, 0.1) is 19.7 Å². The molecule has 4 aliphatic heterocycles. The average Bonchev–Trinajstić information content (AvgIpc) is 1.80. The van der Waals surface area contributed by atoms with E-state index in [0.717, 1.165) is 191 Å². The van der Waals surface area contributed by atoms with Gasteiger partial charge in [-0.2, -0.15) is 0 Å². The molecule has 714 valence electrons. The number of allylic oxidation sites excluding steroid dienone is 2. The van der Waals surface area contributed by atoms with Gasteiger partial charge in [0.1, 0.15) is 17.1 Å². The van der Waals surface area contributed by atoms with E-state index < -0.39 is 0 Å². The van der Waals surface area contributed by atoms with E-state index in [9.17, 15) is 4.39 Å².